The Balaban J connectivity index is 1.45. The molecule has 3 heterocycles. The van der Waals surface area contributed by atoms with Crippen molar-refractivity contribution < 1.29 is 4.79 Å². The van der Waals surface area contributed by atoms with Crippen molar-refractivity contribution >= 4 is 22.2 Å². The Morgan fingerprint density at radius 2 is 2.25 bits per heavy atom. The first-order valence-corrected chi connectivity index (χ1v) is 7.84. The highest BCUT2D eigenvalue weighted by Crippen LogP contribution is 2.26. The van der Waals surface area contributed by atoms with Gasteiger partial charge in [-0.1, -0.05) is 0 Å². The molecule has 2 unspecified atom stereocenters. The van der Waals surface area contributed by atoms with Crippen LogP contribution < -0.4 is 10.6 Å². The van der Waals surface area contributed by atoms with Crippen molar-refractivity contribution in [2.75, 3.05) is 38.0 Å². The van der Waals surface area contributed by atoms with E-state index in [9.17, 15) is 4.79 Å². The average molecular weight is 290 g/mol. The van der Waals surface area contributed by atoms with Crippen LogP contribution in [-0.2, 0) is 4.79 Å². The number of hydrogen-bond donors (Lipinski definition) is 2. The number of nitrogens with one attached hydrogen (secondary N) is 2. The van der Waals surface area contributed by atoms with Crippen molar-refractivity contribution in [3.63, 3.8) is 0 Å². The molecular weight excluding hydrogens is 272 g/mol. The molecule has 1 aromatic heterocycles. The molecule has 0 radical (unpaired) electrons. The van der Waals surface area contributed by atoms with Gasteiger partial charge in [0.1, 0.15) is 11.1 Å². The summed E-state index contributed by atoms with van der Waals surface area (Å²) in [5.74, 6) is 1.53. The zero-order valence-corrected chi connectivity index (χ0v) is 12.1. The van der Waals surface area contributed by atoms with E-state index >= 15 is 0 Å². The average Bonchev–Trinajstić information content (AvgIpc) is 3.10. The Morgan fingerprint density at radius 1 is 1.50 bits per heavy atom. The Kier molecular flexibility index (Phi) is 4.01. The molecule has 1 aromatic rings. The molecular formula is C14H18N4OS. The van der Waals surface area contributed by atoms with Gasteiger partial charge in [-0.2, -0.15) is 5.26 Å². The zero-order valence-electron chi connectivity index (χ0n) is 11.3. The summed E-state index contributed by atoms with van der Waals surface area (Å²) in [4.78, 5) is 14.3. The Hall–Kier alpha value is -1.42. The molecule has 1 amide bonds. The van der Waals surface area contributed by atoms with Gasteiger partial charge in [0.05, 0.1) is 5.56 Å². The summed E-state index contributed by atoms with van der Waals surface area (Å²) in [6.45, 7) is 5.26. The number of hydrogen-bond acceptors (Lipinski definition) is 5. The van der Waals surface area contributed by atoms with Gasteiger partial charge >= 0.3 is 0 Å². The highest BCUT2D eigenvalue weighted by Gasteiger charge is 2.35. The van der Waals surface area contributed by atoms with Gasteiger partial charge in [0, 0.05) is 26.1 Å². The zero-order chi connectivity index (χ0) is 13.9. The number of anilines is 1. The molecule has 3 rings (SSSR count). The number of nitriles is 1. The predicted octanol–water partition coefficient (Wildman–Crippen LogP) is 1.10. The van der Waals surface area contributed by atoms with Gasteiger partial charge in [-0.05, 0) is 36.4 Å². The van der Waals surface area contributed by atoms with Crippen LogP contribution in [-0.4, -0.2) is 43.5 Å². The molecule has 6 heteroatoms. The molecule has 2 fully saturated rings. The van der Waals surface area contributed by atoms with E-state index in [1.165, 1.54) is 11.3 Å². The fraction of sp³-hybridized carbons (Fsp3) is 0.571. The van der Waals surface area contributed by atoms with Crippen LogP contribution in [0, 0.1) is 23.2 Å². The van der Waals surface area contributed by atoms with Crippen LogP contribution in [0.25, 0.3) is 0 Å². The summed E-state index contributed by atoms with van der Waals surface area (Å²) in [7, 11) is 0. The maximum Gasteiger partial charge on any atom is 0.226 e. The molecule has 2 saturated heterocycles. The van der Waals surface area contributed by atoms with E-state index in [0.29, 0.717) is 17.0 Å². The van der Waals surface area contributed by atoms with E-state index in [-0.39, 0.29) is 5.91 Å². The summed E-state index contributed by atoms with van der Waals surface area (Å²) >= 11 is 1.40. The number of fused-ring (bicyclic) bond motifs is 1. The van der Waals surface area contributed by atoms with Gasteiger partial charge < -0.3 is 15.5 Å². The molecule has 0 aliphatic carbocycles. The van der Waals surface area contributed by atoms with E-state index in [1.54, 1.807) is 6.07 Å². The van der Waals surface area contributed by atoms with E-state index in [1.807, 2.05) is 5.38 Å². The Bertz CT molecular complexity index is 524. The number of thiophene rings is 1. The first-order valence-electron chi connectivity index (χ1n) is 6.97. The minimum Gasteiger partial charge on any atom is -0.317 e. The van der Waals surface area contributed by atoms with Crippen molar-refractivity contribution in [1.82, 2.24) is 10.2 Å². The Labute approximate surface area is 122 Å². The molecule has 0 bridgehead atoms. The number of likely N-dealkylation sites (tertiary alicyclic amines) is 1. The molecule has 2 N–H and O–H groups in total. The molecule has 2 aliphatic heterocycles. The van der Waals surface area contributed by atoms with Crippen molar-refractivity contribution in [3.8, 4) is 6.07 Å². The van der Waals surface area contributed by atoms with Crippen molar-refractivity contribution in [2.24, 2.45) is 11.8 Å². The van der Waals surface area contributed by atoms with E-state index in [4.69, 9.17) is 5.26 Å². The number of nitrogens with zero attached hydrogens (tertiary/aromatic N) is 2. The first kappa shape index (κ1) is 13.6. The Morgan fingerprint density at radius 3 is 2.95 bits per heavy atom. The van der Waals surface area contributed by atoms with Gasteiger partial charge in [-0.15, -0.1) is 11.3 Å². The van der Waals surface area contributed by atoms with Crippen LogP contribution >= 0.6 is 11.3 Å². The molecule has 2 aliphatic rings. The lowest BCUT2D eigenvalue weighted by atomic mass is 10.0. The highest BCUT2D eigenvalue weighted by molar-refractivity contribution is 7.14. The first-order chi connectivity index (χ1) is 9.76. The normalized spacial score (nSPS) is 25.4. The number of carbonyl (C=O) groups is 1. The summed E-state index contributed by atoms with van der Waals surface area (Å²) in [6.07, 6.45) is 0.496. The smallest absolute Gasteiger partial charge is 0.226 e. The van der Waals surface area contributed by atoms with Crippen LogP contribution in [0.4, 0.5) is 5.00 Å². The maximum atomic E-state index is 11.9. The van der Waals surface area contributed by atoms with Gasteiger partial charge in [0.15, 0.2) is 0 Å². The minimum absolute atomic E-state index is 0.000801. The lowest BCUT2D eigenvalue weighted by Crippen LogP contribution is -2.29. The lowest BCUT2D eigenvalue weighted by Gasteiger charge is -2.16. The van der Waals surface area contributed by atoms with Crippen LogP contribution in [0.5, 0.6) is 0 Å². The van der Waals surface area contributed by atoms with Crippen molar-refractivity contribution in [2.45, 2.75) is 6.42 Å². The number of rotatable bonds is 4. The third-order valence-electron chi connectivity index (χ3n) is 4.16. The fourth-order valence-corrected chi connectivity index (χ4v) is 3.83. The summed E-state index contributed by atoms with van der Waals surface area (Å²) in [6, 6.07) is 3.81. The largest absolute Gasteiger partial charge is 0.317 e. The second-order valence-corrected chi connectivity index (χ2v) is 6.43. The monoisotopic (exact) mass is 290 g/mol. The van der Waals surface area contributed by atoms with Crippen LogP contribution in [0.2, 0.25) is 0 Å². The molecule has 0 saturated carbocycles. The standard InChI is InChI=1S/C14H18N4OS/c15-5-10-2-4-20-14(10)17-13(19)1-3-18-8-11-6-16-7-12(11)9-18/h2,4,11-12,16H,1,3,6-9H2,(H,17,19). The molecule has 106 valence electrons. The summed E-state index contributed by atoms with van der Waals surface area (Å²) < 4.78 is 0. The van der Waals surface area contributed by atoms with Crippen molar-refractivity contribution in [1.29, 1.82) is 5.26 Å². The maximum absolute atomic E-state index is 11.9. The SMILES string of the molecule is N#Cc1ccsc1NC(=O)CCN1CC2CNCC2C1. The van der Waals surface area contributed by atoms with Gasteiger partial charge in [0.2, 0.25) is 5.91 Å². The predicted molar refractivity (Wildman–Crippen MR) is 78.6 cm³/mol. The highest BCUT2D eigenvalue weighted by atomic mass is 32.1. The second-order valence-electron chi connectivity index (χ2n) is 5.51. The molecule has 5 nitrogen and oxygen atoms in total. The van der Waals surface area contributed by atoms with Gasteiger partial charge in [-0.3, -0.25) is 4.79 Å². The molecule has 20 heavy (non-hydrogen) atoms. The molecule has 2 atom stereocenters. The van der Waals surface area contributed by atoms with Crippen molar-refractivity contribution in [3.05, 3.63) is 17.0 Å². The van der Waals surface area contributed by atoms with Gasteiger partial charge in [-0.25, -0.2) is 0 Å². The van der Waals surface area contributed by atoms with E-state index < -0.39 is 0 Å². The summed E-state index contributed by atoms with van der Waals surface area (Å²) in [5.41, 5.74) is 0.546. The third-order valence-corrected chi connectivity index (χ3v) is 4.99. The van der Waals surface area contributed by atoms with E-state index in [0.717, 1.165) is 44.6 Å². The van der Waals surface area contributed by atoms with Gasteiger partial charge in [0.25, 0.3) is 0 Å². The van der Waals surface area contributed by atoms with Crippen LogP contribution in [0.1, 0.15) is 12.0 Å². The second kappa shape index (κ2) is 5.92. The van der Waals surface area contributed by atoms with Crippen LogP contribution in [0.15, 0.2) is 11.4 Å². The quantitative estimate of drug-likeness (QED) is 0.871. The summed E-state index contributed by atoms with van der Waals surface area (Å²) in [5, 5.41) is 17.6. The lowest BCUT2D eigenvalue weighted by molar-refractivity contribution is -0.116. The van der Waals surface area contributed by atoms with Crippen LogP contribution in [0.3, 0.4) is 0 Å². The fourth-order valence-electron chi connectivity index (χ4n) is 3.08. The topological polar surface area (TPSA) is 68.2 Å². The number of carbonyl (C=O) groups excluding carboxylic acids is 1. The molecule has 0 spiro atoms. The number of amides is 1. The van der Waals surface area contributed by atoms with E-state index in [2.05, 4.69) is 21.6 Å². The third kappa shape index (κ3) is 2.85. The molecule has 0 aromatic carbocycles. The minimum atomic E-state index is -0.000801.